The summed E-state index contributed by atoms with van der Waals surface area (Å²) in [5.74, 6) is 0.329. The van der Waals surface area contributed by atoms with Crippen molar-refractivity contribution in [3.8, 4) is 5.75 Å². The average Bonchev–Trinajstić information content (AvgIpc) is 3.42. The van der Waals surface area contributed by atoms with Gasteiger partial charge < -0.3 is 24.2 Å². The lowest BCUT2D eigenvalue weighted by Gasteiger charge is -2.37. The maximum atomic E-state index is 14.4. The summed E-state index contributed by atoms with van der Waals surface area (Å²) in [4.78, 5) is 21.2. The number of rotatable bonds is 11. The van der Waals surface area contributed by atoms with Crippen LogP contribution in [0.25, 0.3) is 0 Å². The summed E-state index contributed by atoms with van der Waals surface area (Å²) in [7, 11) is -3.71. The molecule has 1 amide bonds. The Bertz CT molecular complexity index is 1440. The van der Waals surface area contributed by atoms with E-state index in [2.05, 4.69) is 0 Å². The van der Waals surface area contributed by atoms with Gasteiger partial charge in [-0.25, -0.2) is 13.4 Å². The number of carbonyl (C=O) groups is 1. The van der Waals surface area contributed by atoms with Gasteiger partial charge in [-0.15, -0.1) is 0 Å². The van der Waals surface area contributed by atoms with Crippen LogP contribution in [0.5, 0.6) is 5.75 Å². The molecule has 41 heavy (non-hydrogen) atoms. The number of aliphatic hydroxyl groups is 1. The Morgan fingerprint density at radius 3 is 2.29 bits per heavy atom. The van der Waals surface area contributed by atoms with E-state index in [-0.39, 0.29) is 35.5 Å². The van der Waals surface area contributed by atoms with E-state index in [9.17, 15) is 13.2 Å². The average molecular weight is 579 g/mol. The number of nitrogens with zero attached hydrogens (tertiary/aromatic N) is 2. The molecule has 2 heterocycles. The van der Waals surface area contributed by atoms with E-state index in [1.54, 1.807) is 59.5 Å². The van der Waals surface area contributed by atoms with E-state index in [1.807, 2.05) is 30.3 Å². The number of carbonyl (C=O) groups excluding carboxylic acids is 1. The van der Waals surface area contributed by atoms with Crippen LogP contribution in [0.2, 0.25) is 0 Å². The third-order valence-electron chi connectivity index (χ3n) is 7.26. The first-order valence-electron chi connectivity index (χ1n) is 13.7. The zero-order valence-corrected chi connectivity index (χ0v) is 23.5. The third-order valence-corrected chi connectivity index (χ3v) is 8.99. The summed E-state index contributed by atoms with van der Waals surface area (Å²) in [6.07, 6.45) is -0.374. The predicted molar refractivity (Wildman–Crippen MR) is 154 cm³/mol. The molecule has 1 fully saturated rings. The molecule has 1 N–H and O–H groups in total. The van der Waals surface area contributed by atoms with Crippen molar-refractivity contribution < 1.29 is 32.5 Å². The van der Waals surface area contributed by atoms with E-state index < -0.39 is 21.5 Å². The molecule has 5 rings (SSSR count). The fraction of sp³-hybridized carbons (Fsp3) is 0.355. The minimum atomic E-state index is -3.71. The summed E-state index contributed by atoms with van der Waals surface area (Å²) < 4.78 is 44.4. The van der Waals surface area contributed by atoms with Gasteiger partial charge in [0, 0.05) is 38.1 Å². The van der Waals surface area contributed by atoms with Crippen LogP contribution in [0, 0.1) is 0 Å². The maximum Gasteiger partial charge on any atom is 0.255 e. The molecule has 0 aliphatic carbocycles. The Labute approximate surface area is 240 Å². The van der Waals surface area contributed by atoms with Gasteiger partial charge in [0.05, 0.1) is 30.5 Å². The second-order valence-corrected chi connectivity index (χ2v) is 12.1. The molecule has 0 radical (unpaired) electrons. The number of hydrogen-bond donors (Lipinski definition) is 1. The fourth-order valence-electron chi connectivity index (χ4n) is 5.06. The molecule has 10 heteroatoms. The lowest BCUT2D eigenvalue weighted by molar-refractivity contribution is -0.144. The van der Waals surface area contributed by atoms with Gasteiger partial charge in [0.2, 0.25) is 5.90 Å². The zero-order valence-electron chi connectivity index (χ0n) is 22.7. The maximum absolute atomic E-state index is 14.4. The highest BCUT2D eigenvalue weighted by Gasteiger charge is 2.55. The van der Waals surface area contributed by atoms with Crippen LogP contribution in [0.15, 0.2) is 94.8 Å². The van der Waals surface area contributed by atoms with Gasteiger partial charge in [-0.3, -0.25) is 4.79 Å². The van der Waals surface area contributed by atoms with Crippen molar-refractivity contribution in [1.82, 2.24) is 4.90 Å². The number of morpholine rings is 1. The summed E-state index contributed by atoms with van der Waals surface area (Å²) in [5.41, 5.74) is -0.136. The van der Waals surface area contributed by atoms with Crippen molar-refractivity contribution in [3.63, 3.8) is 0 Å². The number of hydrogen-bond acceptors (Lipinski definition) is 8. The summed E-state index contributed by atoms with van der Waals surface area (Å²) in [6, 6.07) is 24.7. The van der Waals surface area contributed by atoms with Crippen LogP contribution in [0.1, 0.15) is 30.1 Å². The van der Waals surface area contributed by atoms with Crippen molar-refractivity contribution in [2.45, 2.75) is 29.4 Å². The number of benzene rings is 3. The van der Waals surface area contributed by atoms with E-state index in [0.29, 0.717) is 50.6 Å². The second kappa shape index (κ2) is 12.8. The SMILES string of the molecule is O=C(N1CCOCC1)[C@@]1(CCS(=O)(=O)c2ccccc2)N=C(c2ccc(OCCCO)cc2)O[C@H]1c1ccccc1. The summed E-state index contributed by atoms with van der Waals surface area (Å²) >= 11 is 0. The lowest BCUT2D eigenvalue weighted by atomic mass is 9.84. The first kappa shape index (κ1) is 28.8. The quantitative estimate of drug-likeness (QED) is 0.347. The van der Waals surface area contributed by atoms with Crippen molar-refractivity contribution in [3.05, 3.63) is 96.1 Å². The topological polar surface area (TPSA) is 115 Å². The van der Waals surface area contributed by atoms with Crippen molar-refractivity contribution in [1.29, 1.82) is 0 Å². The molecule has 0 spiro atoms. The number of ether oxygens (including phenoxy) is 3. The highest BCUT2D eigenvalue weighted by molar-refractivity contribution is 7.91. The molecule has 2 aliphatic rings. The lowest BCUT2D eigenvalue weighted by Crippen LogP contribution is -2.54. The van der Waals surface area contributed by atoms with E-state index >= 15 is 0 Å². The van der Waals surface area contributed by atoms with Gasteiger partial charge in [-0.05, 0) is 42.0 Å². The van der Waals surface area contributed by atoms with Gasteiger partial charge in [-0.1, -0.05) is 48.5 Å². The number of sulfone groups is 1. The van der Waals surface area contributed by atoms with Crippen LogP contribution in [-0.2, 0) is 24.1 Å². The largest absolute Gasteiger partial charge is 0.494 e. The van der Waals surface area contributed by atoms with Crippen LogP contribution in [-0.4, -0.2) is 81.0 Å². The molecule has 216 valence electrons. The molecule has 0 bridgehead atoms. The highest BCUT2D eigenvalue weighted by Crippen LogP contribution is 2.44. The fourth-order valence-corrected chi connectivity index (χ4v) is 6.45. The van der Waals surface area contributed by atoms with Crippen molar-refractivity contribution >= 4 is 21.6 Å². The summed E-state index contributed by atoms with van der Waals surface area (Å²) in [6.45, 7) is 2.00. The number of aliphatic imine (C=N–C) groups is 1. The molecule has 1 saturated heterocycles. The molecule has 3 aromatic carbocycles. The molecule has 2 aliphatic heterocycles. The van der Waals surface area contributed by atoms with E-state index in [0.717, 1.165) is 5.56 Å². The standard InChI is InChI=1S/C31H34N2O7S/c34-19-7-20-39-26-14-12-25(13-15-26)29-32-31(30(35)33-17-21-38-22-18-33,28(40-29)24-8-3-1-4-9-24)16-23-41(36,37)27-10-5-2-6-11-27/h1-6,8-15,28,34H,7,16-23H2/t28-,31-/m0/s1. The number of amides is 1. The Kier molecular flexibility index (Phi) is 9.02. The second-order valence-electron chi connectivity index (χ2n) is 9.99. The predicted octanol–water partition coefficient (Wildman–Crippen LogP) is 3.43. The zero-order chi connectivity index (χ0) is 28.7. The van der Waals surface area contributed by atoms with Crippen LogP contribution in [0.3, 0.4) is 0 Å². The van der Waals surface area contributed by atoms with Gasteiger partial charge in [-0.2, -0.15) is 0 Å². The molecule has 0 saturated carbocycles. The Morgan fingerprint density at radius 2 is 1.63 bits per heavy atom. The Hall–Kier alpha value is -3.73. The Morgan fingerprint density at radius 1 is 0.976 bits per heavy atom. The summed E-state index contributed by atoms with van der Waals surface area (Å²) in [5, 5.41) is 9.01. The van der Waals surface area contributed by atoms with Crippen LogP contribution >= 0.6 is 0 Å². The number of aliphatic hydroxyl groups excluding tert-OH is 1. The molecule has 9 nitrogen and oxygen atoms in total. The van der Waals surface area contributed by atoms with Crippen molar-refractivity contribution in [2.75, 3.05) is 45.3 Å². The molecule has 0 aromatic heterocycles. The monoisotopic (exact) mass is 578 g/mol. The van der Waals surface area contributed by atoms with Gasteiger partial charge >= 0.3 is 0 Å². The highest BCUT2D eigenvalue weighted by atomic mass is 32.2. The smallest absolute Gasteiger partial charge is 0.255 e. The van der Waals surface area contributed by atoms with Crippen LogP contribution < -0.4 is 4.74 Å². The molecular weight excluding hydrogens is 544 g/mol. The first-order chi connectivity index (χ1) is 19.9. The van der Waals surface area contributed by atoms with E-state index in [1.165, 1.54) is 0 Å². The molecular formula is C31H34N2O7S. The van der Waals surface area contributed by atoms with Gasteiger partial charge in [0.1, 0.15) is 5.75 Å². The Balaban J connectivity index is 1.54. The van der Waals surface area contributed by atoms with Crippen molar-refractivity contribution in [2.24, 2.45) is 4.99 Å². The third kappa shape index (κ3) is 6.45. The first-order valence-corrected chi connectivity index (χ1v) is 15.4. The molecule has 3 aromatic rings. The minimum absolute atomic E-state index is 0.0445. The molecule has 0 unspecified atom stereocenters. The minimum Gasteiger partial charge on any atom is -0.494 e. The van der Waals surface area contributed by atoms with Gasteiger partial charge in [0.15, 0.2) is 21.5 Å². The normalized spacial score (nSPS) is 20.8. The van der Waals surface area contributed by atoms with E-state index in [4.69, 9.17) is 24.3 Å². The van der Waals surface area contributed by atoms with Crippen LogP contribution in [0.4, 0.5) is 0 Å². The molecule has 2 atom stereocenters. The van der Waals surface area contributed by atoms with Gasteiger partial charge in [0.25, 0.3) is 5.91 Å².